The zero-order valence-corrected chi connectivity index (χ0v) is 12.9. The van der Waals surface area contributed by atoms with E-state index in [2.05, 4.69) is 5.32 Å². The summed E-state index contributed by atoms with van der Waals surface area (Å²) in [5.74, 6) is -1.25. The Morgan fingerprint density at radius 1 is 1.09 bits per heavy atom. The highest BCUT2D eigenvalue weighted by Crippen LogP contribution is 2.00. The van der Waals surface area contributed by atoms with Crippen LogP contribution in [-0.4, -0.2) is 34.7 Å². The number of unbranched alkanes of at least 4 members (excludes halogenated alkanes) is 1. The third-order valence-corrected chi connectivity index (χ3v) is 2.57. The molecule has 0 aliphatic heterocycles. The molecule has 0 heterocycles. The Morgan fingerprint density at radius 2 is 1.73 bits per heavy atom. The molecule has 0 unspecified atom stereocenters. The summed E-state index contributed by atoms with van der Waals surface area (Å²) in [7, 11) is 0. The van der Waals surface area contributed by atoms with Crippen LogP contribution < -0.4 is 5.32 Å². The number of hydrogen-bond acceptors (Lipinski definition) is 3. The van der Waals surface area contributed by atoms with Crippen molar-refractivity contribution in [3.05, 3.63) is 48.6 Å². The number of allylic oxidation sites excluding steroid dienone is 7. The van der Waals surface area contributed by atoms with Gasteiger partial charge in [0.1, 0.15) is 0 Å². The largest absolute Gasteiger partial charge is 0.481 e. The van der Waals surface area contributed by atoms with Gasteiger partial charge in [-0.15, -0.1) is 0 Å². The summed E-state index contributed by atoms with van der Waals surface area (Å²) in [5.41, 5.74) is 0. The molecular weight excluding hydrogens is 282 g/mol. The summed E-state index contributed by atoms with van der Waals surface area (Å²) < 4.78 is 0. The standard InChI is InChI=1S/C17H25NO4/c1-15(19)11-9-7-5-3-2-4-6-8-10-12-16(20)18-14-13-17(21)22/h2-6,8,10,12,15,19H,7,9,11,13-14H2,1H3,(H,18,20)(H,21,22)/b4-2+,5-3+,8-6+,12-10+/t15-/m0/s1. The van der Waals surface area contributed by atoms with Crippen molar-refractivity contribution >= 4 is 11.9 Å². The second-order valence-electron chi connectivity index (χ2n) is 4.77. The quantitative estimate of drug-likeness (QED) is 0.311. The van der Waals surface area contributed by atoms with E-state index in [-0.39, 0.29) is 25.0 Å². The van der Waals surface area contributed by atoms with E-state index in [9.17, 15) is 9.59 Å². The first-order valence-corrected chi connectivity index (χ1v) is 7.36. The first-order valence-electron chi connectivity index (χ1n) is 7.36. The molecule has 0 aromatic heterocycles. The van der Waals surface area contributed by atoms with Gasteiger partial charge in [0.05, 0.1) is 12.5 Å². The van der Waals surface area contributed by atoms with Gasteiger partial charge in [-0.1, -0.05) is 42.5 Å². The highest BCUT2D eigenvalue weighted by Gasteiger charge is 1.97. The predicted octanol–water partition coefficient (Wildman–Crippen LogP) is 2.35. The van der Waals surface area contributed by atoms with Crippen molar-refractivity contribution in [1.82, 2.24) is 5.32 Å². The second kappa shape index (κ2) is 13.8. The lowest BCUT2D eigenvalue weighted by atomic mass is 10.1. The molecule has 0 aromatic carbocycles. The Balaban J connectivity index is 3.73. The summed E-state index contributed by atoms with van der Waals surface area (Å²) in [4.78, 5) is 21.5. The molecule has 5 heteroatoms. The summed E-state index contributed by atoms with van der Waals surface area (Å²) in [6.07, 6.45) is 16.6. The fourth-order valence-corrected chi connectivity index (χ4v) is 1.46. The number of carbonyl (C=O) groups is 2. The van der Waals surface area contributed by atoms with Gasteiger partial charge in [-0.2, -0.15) is 0 Å². The van der Waals surface area contributed by atoms with Gasteiger partial charge in [0.2, 0.25) is 5.91 Å². The van der Waals surface area contributed by atoms with Crippen molar-refractivity contribution in [3.8, 4) is 0 Å². The van der Waals surface area contributed by atoms with E-state index in [1.54, 1.807) is 25.2 Å². The first-order chi connectivity index (χ1) is 10.5. The predicted molar refractivity (Wildman–Crippen MR) is 87.4 cm³/mol. The molecule has 0 saturated carbocycles. The number of carboxylic acids is 1. The van der Waals surface area contributed by atoms with E-state index in [1.165, 1.54) is 6.08 Å². The van der Waals surface area contributed by atoms with Crippen LogP contribution in [0.2, 0.25) is 0 Å². The second-order valence-corrected chi connectivity index (χ2v) is 4.77. The highest BCUT2D eigenvalue weighted by atomic mass is 16.4. The van der Waals surface area contributed by atoms with Gasteiger partial charge >= 0.3 is 5.97 Å². The Kier molecular flexibility index (Phi) is 12.5. The van der Waals surface area contributed by atoms with E-state index in [0.29, 0.717) is 0 Å². The van der Waals surface area contributed by atoms with Crippen LogP contribution in [0, 0.1) is 0 Å². The number of carboxylic acid groups (broad SMARTS) is 1. The van der Waals surface area contributed by atoms with E-state index >= 15 is 0 Å². The van der Waals surface area contributed by atoms with Crippen molar-refractivity contribution in [1.29, 1.82) is 0 Å². The number of rotatable bonds is 11. The van der Waals surface area contributed by atoms with Gasteiger partial charge in [-0.25, -0.2) is 0 Å². The first kappa shape index (κ1) is 19.9. The fourth-order valence-electron chi connectivity index (χ4n) is 1.46. The molecule has 1 amide bonds. The number of hydrogen-bond donors (Lipinski definition) is 3. The van der Waals surface area contributed by atoms with Crippen molar-refractivity contribution in [2.45, 2.75) is 38.7 Å². The molecule has 22 heavy (non-hydrogen) atoms. The van der Waals surface area contributed by atoms with Gasteiger partial charge < -0.3 is 15.5 Å². The molecule has 0 bridgehead atoms. The maximum absolute atomic E-state index is 11.2. The van der Waals surface area contributed by atoms with E-state index in [4.69, 9.17) is 10.2 Å². The summed E-state index contributed by atoms with van der Waals surface area (Å²) in [6, 6.07) is 0. The third-order valence-electron chi connectivity index (χ3n) is 2.57. The number of carbonyl (C=O) groups excluding carboxylic acids is 1. The number of aliphatic hydroxyl groups excluding tert-OH is 1. The normalized spacial score (nSPS) is 13.5. The Morgan fingerprint density at radius 3 is 2.36 bits per heavy atom. The van der Waals surface area contributed by atoms with Crippen LogP contribution in [0.15, 0.2) is 48.6 Å². The van der Waals surface area contributed by atoms with E-state index in [1.807, 2.05) is 24.3 Å². The molecule has 122 valence electrons. The molecule has 0 radical (unpaired) electrons. The minimum absolute atomic E-state index is 0.0816. The Bertz CT molecular complexity index is 434. The number of aliphatic hydroxyl groups is 1. The molecule has 5 nitrogen and oxygen atoms in total. The maximum Gasteiger partial charge on any atom is 0.305 e. The zero-order chi connectivity index (χ0) is 16.6. The van der Waals surface area contributed by atoms with Crippen LogP contribution in [0.4, 0.5) is 0 Å². The summed E-state index contributed by atoms with van der Waals surface area (Å²) >= 11 is 0. The number of amides is 1. The topological polar surface area (TPSA) is 86.6 Å². The van der Waals surface area contributed by atoms with Crippen molar-refractivity contribution < 1.29 is 19.8 Å². The molecule has 0 aliphatic rings. The van der Waals surface area contributed by atoms with Crippen molar-refractivity contribution in [2.75, 3.05) is 6.54 Å². The molecule has 0 rings (SSSR count). The van der Waals surface area contributed by atoms with Gasteiger partial charge in [-0.3, -0.25) is 9.59 Å². The van der Waals surface area contributed by atoms with E-state index in [0.717, 1.165) is 19.3 Å². The zero-order valence-electron chi connectivity index (χ0n) is 12.9. The minimum atomic E-state index is -0.937. The SMILES string of the molecule is C[C@H](O)CCC/C=C/C=C/C=C/C=C/C(=O)NCCC(=O)O. The smallest absolute Gasteiger partial charge is 0.305 e. The van der Waals surface area contributed by atoms with Crippen LogP contribution in [0.1, 0.15) is 32.6 Å². The molecule has 3 N–H and O–H groups in total. The van der Waals surface area contributed by atoms with Gasteiger partial charge in [0.25, 0.3) is 0 Å². The molecule has 0 aliphatic carbocycles. The average molecular weight is 307 g/mol. The molecule has 0 spiro atoms. The fraction of sp³-hybridized carbons (Fsp3) is 0.412. The summed E-state index contributed by atoms with van der Waals surface area (Å²) in [6.45, 7) is 1.91. The van der Waals surface area contributed by atoms with Gasteiger partial charge in [0, 0.05) is 12.6 Å². The third kappa shape index (κ3) is 15.9. The van der Waals surface area contributed by atoms with Crippen molar-refractivity contribution in [3.63, 3.8) is 0 Å². The minimum Gasteiger partial charge on any atom is -0.481 e. The average Bonchev–Trinajstić information content (AvgIpc) is 2.44. The molecule has 0 aromatic rings. The lowest BCUT2D eigenvalue weighted by Gasteiger charge is -1.99. The van der Waals surface area contributed by atoms with Gasteiger partial charge in [-0.05, 0) is 26.2 Å². The van der Waals surface area contributed by atoms with E-state index < -0.39 is 5.97 Å². The number of aliphatic carboxylic acids is 1. The Hall–Kier alpha value is -2.14. The Labute approximate surface area is 131 Å². The van der Waals surface area contributed by atoms with Crippen LogP contribution in [0.25, 0.3) is 0 Å². The van der Waals surface area contributed by atoms with Crippen LogP contribution in [-0.2, 0) is 9.59 Å². The van der Waals surface area contributed by atoms with Crippen LogP contribution >= 0.6 is 0 Å². The molecule has 0 saturated heterocycles. The molecule has 0 fully saturated rings. The lowest BCUT2D eigenvalue weighted by molar-refractivity contribution is -0.136. The summed E-state index contributed by atoms with van der Waals surface area (Å²) in [5, 5.41) is 20.0. The van der Waals surface area contributed by atoms with Gasteiger partial charge in [0.15, 0.2) is 0 Å². The van der Waals surface area contributed by atoms with Crippen LogP contribution in [0.5, 0.6) is 0 Å². The molecular formula is C17H25NO4. The maximum atomic E-state index is 11.2. The van der Waals surface area contributed by atoms with Crippen LogP contribution in [0.3, 0.4) is 0 Å². The monoisotopic (exact) mass is 307 g/mol. The molecule has 1 atom stereocenters. The number of nitrogens with one attached hydrogen (secondary N) is 1. The lowest BCUT2D eigenvalue weighted by Crippen LogP contribution is -2.23. The highest BCUT2D eigenvalue weighted by molar-refractivity contribution is 5.87. The van der Waals surface area contributed by atoms with Crippen molar-refractivity contribution in [2.24, 2.45) is 0 Å².